The van der Waals surface area contributed by atoms with Gasteiger partial charge in [0.05, 0.1) is 28.4 Å². The van der Waals surface area contributed by atoms with Gasteiger partial charge in [-0.2, -0.15) is 4.31 Å². The lowest BCUT2D eigenvalue weighted by molar-refractivity contribution is -0.913. The number of nitrogens with two attached hydrogens (primary N) is 1. The molecule has 4 N–H and O–H groups in total. The third-order valence-electron chi connectivity index (χ3n) is 6.27. The fourth-order valence-corrected chi connectivity index (χ4v) is 7.23. The first kappa shape index (κ1) is 22.9. The molecular weight excluding hydrogens is 448 g/mol. The minimum absolute atomic E-state index is 0.183. The van der Waals surface area contributed by atoms with Crippen LogP contribution < -0.4 is 16.0 Å². The summed E-state index contributed by atoms with van der Waals surface area (Å²) < 4.78 is 27.1. The molecule has 0 radical (unpaired) electrons. The van der Waals surface area contributed by atoms with Crippen LogP contribution in [-0.2, 0) is 23.0 Å². The highest BCUT2D eigenvalue weighted by molar-refractivity contribution is 7.89. The molecule has 2 amide bonds. The Hall–Kier alpha value is -2.27. The Balaban J connectivity index is 1.53. The molecule has 172 valence electrons. The van der Waals surface area contributed by atoms with Crippen LogP contribution in [0.1, 0.15) is 57.3 Å². The Morgan fingerprint density at radius 2 is 1.84 bits per heavy atom. The summed E-state index contributed by atoms with van der Waals surface area (Å²) >= 11 is 1.40. The maximum atomic E-state index is 12.9. The number of nitrogens with zero attached hydrogens (tertiary/aromatic N) is 1. The predicted octanol–water partition coefficient (Wildman–Crippen LogP) is 1.23. The molecule has 2 aliphatic rings. The van der Waals surface area contributed by atoms with E-state index in [-0.39, 0.29) is 4.90 Å². The summed E-state index contributed by atoms with van der Waals surface area (Å²) in [6, 6.07) is 5.95. The number of fused-ring (bicyclic) bond motifs is 1. The number of thiophene rings is 1. The minimum atomic E-state index is -3.55. The van der Waals surface area contributed by atoms with Crippen molar-refractivity contribution in [1.82, 2.24) is 4.31 Å². The number of carbonyl (C=O) groups is 2. The van der Waals surface area contributed by atoms with Gasteiger partial charge in [0.2, 0.25) is 10.0 Å². The molecule has 8 nitrogen and oxygen atoms in total. The monoisotopic (exact) mass is 477 g/mol. The van der Waals surface area contributed by atoms with Crippen molar-refractivity contribution >= 4 is 38.2 Å². The number of likely N-dealkylation sites (N-methyl/N-ethyl adjacent to an activating group) is 1. The van der Waals surface area contributed by atoms with Crippen molar-refractivity contribution in [3.05, 3.63) is 45.8 Å². The van der Waals surface area contributed by atoms with E-state index in [4.69, 9.17) is 5.73 Å². The molecule has 32 heavy (non-hydrogen) atoms. The van der Waals surface area contributed by atoms with Gasteiger partial charge in [-0.15, -0.1) is 11.3 Å². The zero-order valence-corrected chi connectivity index (χ0v) is 19.8. The van der Waals surface area contributed by atoms with Crippen molar-refractivity contribution in [2.75, 3.05) is 31.5 Å². The van der Waals surface area contributed by atoms with E-state index in [9.17, 15) is 18.0 Å². The van der Waals surface area contributed by atoms with Crippen molar-refractivity contribution in [1.29, 1.82) is 0 Å². The van der Waals surface area contributed by atoms with Crippen LogP contribution >= 0.6 is 11.3 Å². The zero-order chi connectivity index (χ0) is 22.9. The Morgan fingerprint density at radius 1 is 1.16 bits per heavy atom. The fraction of sp³-hybridized carbons (Fsp3) is 0.455. The number of hydrogen-bond acceptors (Lipinski definition) is 5. The number of piperidine rings is 1. The SMILES string of the molecule is CC[NH+]1CCc2c(sc(NC(=O)c3ccc(S(=O)(=O)N4CCCCC4)cc3)c2C(N)=O)C1. The normalized spacial score (nSPS) is 19.3. The molecular formula is C22H29N4O4S2+. The summed E-state index contributed by atoms with van der Waals surface area (Å²) in [7, 11) is -3.55. The van der Waals surface area contributed by atoms with Crippen molar-refractivity contribution < 1.29 is 22.9 Å². The maximum Gasteiger partial charge on any atom is 0.256 e. The second kappa shape index (κ2) is 9.30. The van der Waals surface area contributed by atoms with E-state index >= 15 is 0 Å². The van der Waals surface area contributed by atoms with E-state index in [0.29, 0.717) is 29.2 Å². The van der Waals surface area contributed by atoms with E-state index in [0.717, 1.165) is 55.8 Å². The number of hydrogen-bond donors (Lipinski definition) is 3. The van der Waals surface area contributed by atoms with Crippen LogP contribution in [-0.4, -0.2) is 50.7 Å². The Kier molecular flexibility index (Phi) is 6.66. The molecule has 1 unspecified atom stereocenters. The second-order valence-corrected chi connectivity index (χ2v) is 11.3. The number of anilines is 1. The van der Waals surface area contributed by atoms with Gasteiger partial charge in [-0.3, -0.25) is 9.59 Å². The number of sulfonamides is 1. The summed E-state index contributed by atoms with van der Waals surface area (Å²) in [5.74, 6) is -0.937. The van der Waals surface area contributed by atoms with E-state index in [1.165, 1.54) is 44.8 Å². The summed E-state index contributed by atoms with van der Waals surface area (Å²) in [4.78, 5) is 27.7. The second-order valence-electron chi connectivity index (χ2n) is 8.30. The number of amides is 2. The molecule has 4 rings (SSSR count). The van der Waals surface area contributed by atoms with Gasteiger partial charge in [0.1, 0.15) is 11.5 Å². The van der Waals surface area contributed by atoms with Crippen molar-refractivity contribution in [2.45, 2.75) is 44.0 Å². The minimum Gasteiger partial charge on any atom is -0.365 e. The highest BCUT2D eigenvalue weighted by Gasteiger charge is 2.30. The smallest absolute Gasteiger partial charge is 0.256 e. The lowest BCUT2D eigenvalue weighted by atomic mass is 10.0. The molecule has 3 heterocycles. The highest BCUT2D eigenvalue weighted by Crippen LogP contribution is 2.34. The Labute approximate surface area is 192 Å². The van der Waals surface area contributed by atoms with E-state index in [1.807, 2.05) is 0 Å². The van der Waals surface area contributed by atoms with Gasteiger partial charge in [0.15, 0.2) is 0 Å². The molecule has 2 aromatic rings. The molecule has 2 aliphatic heterocycles. The van der Waals surface area contributed by atoms with Gasteiger partial charge in [-0.25, -0.2) is 8.42 Å². The lowest BCUT2D eigenvalue weighted by Crippen LogP contribution is -3.11. The molecule has 0 saturated carbocycles. The zero-order valence-electron chi connectivity index (χ0n) is 18.1. The number of primary amides is 1. The van der Waals surface area contributed by atoms with E-state index in [2.05, 4.69) is 12.2 Å². The summed E-state index contributed by atoms with van der Waals surface area (Å²) in [6.45, 7) is 5.93. The molecule has 0 spiro atoms. The predicted molar refractivity (Wildman–Crippen MR) is 124 cm³/mol. The van der Waals surface area contributed by atoms with Crippen LogP contribution in [0.5, 0.6) is 0 Å². The molecule has 1 aromatic carbocycles. The fourth-order valence-electron chi connectivity index (χ4n) is 4.40. The van der Waals surface area contributed by atoms with E-state index < -0.39 is 21.8 Å². The average Bonchev–Trinajstić information content (AvgIpc) is 3.16. The number of benzene rings is 1. The average molecular weight is 478 g/mol. The maximum absolute atomic E-state index is 12.9. The summed E-state index contributed by atoms with van der Waals surface area (Å²) in [6.07, 6.45) is 3.53. The number of carbonyl (C=O) groups excluding carboxylic acids is 2. The van der Waals surface area contributed by atoms with Gasteiger partial charge < -0.3 is 16.0 Å². The first-order valence-electron chi connectivity index (χ1n) is 11.0. The lowest BCUT2D eigenvalue weighted by Gasteiger charge is -2.25. The largest absolute Gasteiger partial charge is 0.365 e. The van der Waals surface area contributed by atoms with Crippen molar-refractivity contribution in [3.8, 4) is 0 Å². The Morgan fingerprint density at radius 3 is 2.47 bits per heavy atom. The van der Waals surface area contributed by atoms with Crippen LogP contribution in [0.3, 0.4) is 0 Å². The van der Waals surface area contributed by atoms with Gasteiger partial charge in [0, 0.05) is 25.1 Å². The first-order valence-corrected chi connectivity index (χ1v) is 13.3. The van der Waals surface area contributed by atoms with E-state index in [1.54, 1.807) is 0 Å². The third-order valence-corrected chi connectivity index (χ3v) is 9.33. The molecule has 1 fully saturated rings. The molecule has 0 aliphatic carbocycles. The van der Waals surface area contributed by atoms with Gasteiger partial charge in [0.25, 0.3) is 11.8 Å². The quantitative estimate of drug-likeness (QED) is 0.581. The molecule has 1 atom stereocenters. The van der Waals surface area contributed by atoms with Crippen LogP contribution in [0.15, 0.2) is 29.2 Å². The molecule has 10 heteroatoms. The van der Waals surface area contributed by atoms with Crippen LogP contribution in [0.25, 0.3) is 0 Å². The summed E-state index contributed by atoms with van der Waals surface area (Å²) in [5, 5.41) is 3.30. The van der Waals surface area contributed by atoms with Crippen LogP contribution in [0.4, 0.5) is 5.00 Å². The van der Waals surface area contributed by atoms with Gasteiger partial charge >= 0.3 is 0 Å². The number of quaternary nitrogens is 1. The van der Waals surface area contributed by atoms with Crippen molar-refractivity contribution in [2.24, 2.45) is 5.73 Å². The van der Waals surface area contributed by atoms with Gasteiger partial charge in [-0.1, -0.05) is 6.42 Å². The third kappa shape index (κ3) is 4.45. The standard InChI is InChI=1S/C22H28N4O4S2/c1-2-25-13-10-17-18(14-25)31-22(19(17)20(23)27)24-21(28)15-6-8-16(9-7-15)32(29,30)26-11-4-3-5-12-26/h6-9H,2-5,10-14H2,1H3,(H2,23,27)(H,24,28)/p+1. The number of nitrogens with one attached hydrogen (secondary N) is 2. The molecule has 1 aromatic heterocycles. The number of rotatable bonds is 6. The van der Waals surface area contributed by atoms with Gasteiger partial charge in [-0.05, 0) is 49.6 Å². The van der Waals surface area contributed by atoms with Crippen molar-refractivity contribution in [3.63, 3.8) is 0 Å². The Bertz CT molecular complexity index is 1120. The highest BCUT2D eigenvalue weighted by atomic mass is 32.2. The first-order chi connectivity index (χ1) is 15.3. The molecule has 1 saturated heterocycles. The van der Waals surface area contributed by atoms with Crippen LogP contribution in [0.2, 0.25) is 0 Å². The topological polar surface area (TPSA) is 114 Å². The molecule has 0 bridgehead atoms. The van der Waals surface area contributed by atoms with Crippen LogP contribution in [0, 0.1) is 0 Å². The summed E-state index contributed by atoms with van der Waals surface area (Å²) in [5.41, 5.74) is 7.31.